The van der Waals surface area contributed by atoms with E-state index in [1.165, 1.54) is 0 Å². The summed E-state index contributed by atoms with van der Waals surface area (Å²) in [5.74, 6) is -0.821. The molecule has 160 valence electrons. The van der Waals surface area contributed by atoms with Crippen LogP contribution in [0.5, 0.6) is 0 Å². The number of anilines is 1. The topological polar surface area (TPSA) is 87.7 Å². The van der Waals surface area contributed by atoms with Gasteiger partial charge in [-0.3, -0.25) is 19.3 Å². The van der Waals surface area contributed by atoms with Gasteiger partial charge in [0.1, 0.15) is 5.54 Å². The molecule has 0 saturated carbocycles. The molecular formula is C21H24ClN3O4S. The van der Waals surface area contributed by atoms with Crippen molar-refractivity contribution in [3.05, 3.63) is 51.8 Å². The van der Waals surface area contributed by atoms with E-state index in [9.17, 15) is 14.4 Å². The molecule has 3 rings (SSSR count). The van der Waals surface area contributed by atoms with Gasteiger partial charge >= 0.3 is 0 Å². The van der Waals surface area contributed by atoms with Crippen molar-refractivity contribution in [1.82, 2.24) is 10.2 Å². The quantitative estimate of drug-likeness (QED) is 0.649. The van der Waals surface area contributed by atoms with E-state index in [4.69, 9.17) is 16.3 Å². The van der Waals surface area contributed by atoms with Crippen LogP contribution in [0.25, 0.3) is 0 Å². The van der Waals surface area contributed by atoms with Gasteiger partial charge in [-0.15, -0.1) is 0 Å². The van der Waals surface area contributed by atoms with Crippen LogP contribution in [0, 0.1) is 0 Å². The highest BCUT2D eigenvalue weighted by Crippen LogP contribution is 2.28. The zero-order chi connectivity index (χ0) is 21.9. The molecule has 1 unspecified atom stereocenters. The molecule has 2 N–H and O–H groups in total. The molecule has 1 fully saturated rings. The molecule has 2 heterocycles. The minimum atomic E-state index is -1.21. The molecule has 9 heteroatoms. The first-order valence-corrected chi connectivity index (χ1v) is 10.7. The maximum absolute atomic E-state index is 13.1. The number of carbonyl (C=O) groups excluding carboxylic acids is 3. The van der Waals surface area contributed by atoms with Crippen molar-refractivity contribution in [1.29, 1.82) is 0 Å². The van der Waals surface area contributed by atoms with E-state index in [2.05, 4.69) is 23.8 Å². The number of carbonyl (C=O) groups is 3. The van der Waals surface area contributed by atoms with Gasteiger partial charge in [-0.05, 0) is 37.2 Å². The fourth-order valence-electron chi connectivity index (χ4n) is 3.49. The summed E-state index contributed by atoms with van der Waals surface area (Å²) in [7, 11) is 1.91. The number of rotatable bonds is 6. The third-order valence-corrected chi connectivity index (χ3v) is 6.02. The zero-order valence-electron chi connectivity index (χ0n) is 16.8. The Balaban J connectivity index is 1.76. The van der Waals surface area contributed by atoms with E-state index in [0.717, 1.165) is 23.9 Å². The first-order valence-electron chi connectivity index (χ1n) is 9.48. The van der Waals surface area contributed by atoms with Crippen molar-refractivity contribution in [2.24, 2.45) is 0 Å². The van der Waals surface area contributed by atoms with Crippen LogP contribution in [0.4, 0.5) is 5.69 Å². The normalized spacial score (nSPS) is 21.5. The summed E-state index contributed by atoms with van der Waals surface area (Å²) in [5, 5.41) is 5.61. The Hall–Kier alpha value is -2.13. The van der Waals surface area contributed by atoms with Crippen molar-refractivity contribution in [3.63, 3.8) is 0 Å². The standard InChI is InChI=1S/C21H24ClN3O4S/c1-13(30-14(2)22)19(27)24-21(7-9-29-12-21)20(28)23-16-4-5-17-15(10-16)6-8-25(3)11-18(17)26/h4-5,10H,1-2,6-9,11-12H2,3H3,(H,23,28)(H,24,27). The van der Waals surface area contributed by atoms with E-state index in [1.807, 2.05) is 18.0 Å². The maximum Gasteiger partial charge on any atom is 0.258 e. The average molecular weight is 450 g/mol. The number of ketones is 1. The first-order chi connectivity index (χ1) is 14.2. The molecule has 0 aliphatic carbocycles. The molecular weight excluding hydrogens is 426 g/mol. The molecule has 2 aliphatic rings. The number of hydrogen-bond acceptors (Lipinski definition) is 6. The number of ether oxygens (including phenoxy) is 1. The third kappa shape index (κ3) is 5.13. The lowest BCUT2D eigenvalue weighted by Gasteiger charge is -2.28. The Kier molecular flexibility index (Phi) is 7.02. The number of amides is 2. The number of halogens is 1. The van der Waals surface area contributed by atoms with Crippen LogP contribution in [0.15, 0.2) is 40.6 Å². The second-order valence-electron chi connectivity index (χ2n) is 7.46. The Bertz CT molecular complexity index is 912. The lowest BCUT2D eigenvalue weighted by molar-refractivity contribution is -0.128. The Morgan fingerprint density at radius 3 is 2.77 bits per heavy atom. The van der Waals surface area contributed by atoms with Crippen LogP contribution >= 0.6 is 23.4 Å². The van der Waals surface area contributed by atoms with E-state index in [-0.39, 0.29) is 27.6 Å². The highest BCUT2D eigenvalue weighted by Gasteiger charge is 2.44. The number of nitrogens with one attached hydrogen (secondary N) is 2. The number of nitrogens with zero attached hydrogens (tertiary/aromatic N) is 1. The minimum Gasteiger partial charge on any atom is -0.378 e. The van der Waals surface area contributed by atoms with Gasteiger partial charge in [-0.1, -0.05) is 36.5 Å². The Morgan fingerprint density at radius 2 is 2.10 bits per heavy atom. The summed E-state index contributed by atoms with van der Waals surface area (Å²) in [6, 6.07) is 5.27. The van der Waals surface area contributed by atoms with E-state index in [0.29, 0.717) is 37.2 Å². The molecule has 0 bridgehead atoms. The molecule has 1 saturated heterocycles. The molecule has 7 nitrogen and oxygen atoms in total. The number of Topliss-reactive ketones (excluding diaryl/α,β-unsaturated/α-hetero) is 1. The monoisotopic (exact) mass is 449 g/mol. The lowest BCUT2D eigenvalue weighted by atomic mass is 9.96. The van der Waals surface area contributed by atoms with Gasteiger partial charge in [-0.25, -0.2) is 0 Å². The van der Waals surface area contributed by atoms with Gasteiger partial charge in [0.15, 0.2) is 5.78 Å². The second kappa shape index (κ2) is 9.34. The average Bonchev–Trinajstić information content (AvgIpc) is 3.10. The van der Waals surface area contributed by atoms with Crippen molar-refractivity contribution in [3.8, 4) is 0 Å². The van der Waals surface area contributed by atoms with Crippen LogP contribution in [0.3, 0.4) is 0 Å². The minimum absolute atomic E-state index is 0.0541. The van der Waals surface area contributed by atoms with E-state index >= 15 is 0 Å². The van der Waals surface area contributed by atoms with Crippen LogP contribution in [0.1, 0.15) is 22.3 Å². The van der Waals surface area contributed by atoms with E-state index < -0.39 is 11.4 Å². The summed E-state index contributed by atoms with van der Waals surface area (Å²) >= 11 is 6.66. The van der Waals surface area contributed by atoms with Gasteiger partial charge in [0.25, 0.3) is 11.8 Å². The summed E-state index contributed by atoms with van der Waals surface area (Å²) in [5.41, 5.74) is 0.934. The zero-order valence-corrected chi connectivity index (χ0v) is 18.3. The highest BCUT2D eigenvalue weighted by atomic mass is 35.5. The Morgan fingerprint density at radius 1 is 1.33 bits per heavy atom. The van der Waals surface area contributed by atoms with Gasteiger partial charge in [0, 0.05) is 30.8 Å². The van der Waals surface area contributed by atoms with Gasteiger partial charge in [0.2, 0.25) is 0 Å². The maximum atomic E-state index is 13.1. The molecule has 0 spiro atoms. The summed E-state index contributed by atoms with van der Waals surface area (Å²) < 4.78 is 5.62. The number of thioether (sulfide) groups is 1. The molecule has 1 aromatic rings. The van der Waals surface area contributed by atoms with Crippen molar-refractivity contribution in [2.75, 3.05) is 38.7 Å². The fraction of sp³-hybridized carbons (Fsp3) is 0.381. The van der Waals surface area contributed by atoms with Gasteiger partial charge in [0.05, 0.1) is 22.4 Å². The highest BCUT2D eigenvalue weighted by molar-refractivity contribution is 8.08. The van der Waals surface area contributed by atoms with Crippen LogP contribution in [-0.2, 0) is 20.7 Å². The predicted octanol–water partition coefficient (Wildman–Crippen LogP) is 2.53. The molecule has 2 amide bonds. The van der Waals surface area contributed by atoms with Crippen LogP contribution in [0.2, 0.25) is 0 Å². The smallest absolute Gasteiger partial charge is 0.258 e. The van der Waals surface area contributed by atoms with Gasteiger partial charge < -0.3 is 15.4 Å². The molecule has 0 aromatic heterocycles. The van der Waals surface area contributed by atoms with Crippen LogP contribution < -0.4 is 10.6 Å². The second-order valence-corrected chi connectivity index (χ2v) is 9.33. The van der Waals surface area contributed by atoms with E-state index in [1.54, 1.807) is 12.1 Å². The summed E-state index contributed by atoms with van der Waals surface area (Å²) in [6.07, 6.45) is 1.05. The largest absolute Gasteiger partial charge is 0.378 e. The molecule has 2 aliphatic heterocycles. The predicted molar refractivity (Wildman–Crippen MR) is 119 cm³/mol. The molecule has 30 heavy (non-hydrogen) atoms. The summed E-state index contributed by atoms with van der Waals surface area (Å²) in [4.78, 5) is 40.1. The lowest BCUT2D eigenvalue weighted by Crippen LogP contribution is -2.57. The number of likely N-dealkylation sites (N-methyl/N-ethyl adjacent to an activating group) is 1. The number of hydrogen-bond donors (Lipinski definition) is 2. The van der Waals surface area contributed by atoms with Gasteiger partial charge in [-0.2, -0.15) is 0 Å². The van der Waals surface area contributed by atoms with Crippen LogP contribution in [-0.4, -0.2) is 61.4 Å². The third-order valence-electron chi connectivity index (χ3n) is 5.14. The summed E-state index contributed by atoms with van der Waals surface area (Å²) in [6.45, 7) is 8.74. The SMILES string of the molecule is C=C(Cl)SC(=C)C(=O)NC1(C(=O)Nc2ccc3c(c2)CCN(C)CC3=O)CCOC1. The number of benzene rings is 1. The molecule has 1 aromatic carbocycles. The molecule has 1 atom stereocenters. The molecule has 0 radical (unpaired) electrons. The number of fused-ring (bicyclic) bond motifs is 1. The Labute approximate surface area is 184 Å². The first kappa shape index (κ1) is 22.6. The van der Waals surface area contributed by atoms with Crippen molar-refractivity contribution < 1.29 is 19.1 Å². The fourth-order valence-corrected chi connectivity index (χ4v) is 4.18. The van der Waals surface area contributed by atoms with Crippen molar-refractivity contribution >= 4 is 46.6 Å². The van der Waals surface area contributed by atoms with Crippen molar-refractivity contribution in [2.45, 2.75) is 18.4 Å².